The molecule has 0 unspecified atom stereocenters. The molecule has 1 aliphatic carbocycles. The quantitative estimate of drug-likeness (QED) is 0.232. The minimum Gasteiger partial charge on any atom is -0.377 e. The summed E-state index contributed by atoms with van der Waals surface area (Å²) >= 11 is 0. The summed E-state index contributed by atoms with van der Waals surface area (Å²) in [6, 6.07) is 22.1. The van der Waals surface area contributed by atoms with E-state index in [4.69, 9.17) is 4.98 Å². The van der Waals surface area contributed by atoms with Crippen molar-refractivity contribution in [3.63, 3.8) is 0 Å². The lowest BCUT2D eigenvalue weighted by atomic mass is 9.86. The van der Waals surface area contributed by atoms with Crippen molar-refractivity contribution in [1.29, 1.82) is 0 Å². The van der Waals surface area contributed by atoms with E-state index in [0.717, 1.165) is 17.3 Å². The molecule has 3 aromatic rings. The lowest BCUT2D eigenvalue weighted by Crippen LogP contribution is -2.31. The second-order valence-electron chi connectivity index (χ2n) is 10.9. The van der Waals surface area contributed by atoms with Crippen LogP contribution >= 0.6 is 0 Å². The lowest BCUT2D eigenvalue weighted by molar-refractivity contribution is 0.324. The summed E-state index contributed by atoms with van der Waals surface area (Å²) < 4.78 is 0. The van der Waals surface area contributed by atoms with Crippen molar-refractivity contribution >= 4 is 22.4 Å². The molecule has 2 N–H and O–H groups in total. The first-order valence-corrected chi connectivity index (χ1v) is 14.3. The molecule has 4 nitrogen and oxygen atoms in total. The number of rotatable bonds is 14. The summed E-state index contributed by atoms with van der Waals surface area (Å²) in [4.78, 5) is 7.08. The van der Waals surface area contributed by atoms with Crippen molar-refractivity contribution in [3.8, 4) is 0 Å². The number of anilines is 2. The van der Waals surface area contributed by atoms with E-state index in [9.17, 15) is 0 Å². The van der Waals surface area contributed by atoms with Crippen LogP contribution in [0.3, 0.4) is 0 Å². The summed E-state index contributed by atoms with van der Waals surface area (Å²) in [5.74, 6) is 1.84. The van der Waals surface area contributed by atoms with Crippen LogP contribution in [0.1, 0.15) is 69.8 Å². The van der Waals surface area contributed by atoms with Crippen LogP contribution < -0.4 is 15.5 Å². The van der Waals surface area contributed by atoms with E-state index in [2.05, 4.69) is 90.3 Å². The maximum absolute atomic E-state index is 4.90. The maximum Gasteiger partial charge on any atom is 0.128 e. The number of pyridine rings is 1. The number of hydrogen-bond donors (Lipinski definition) is 2. The fourth-order valence-electron chi connectivity index (χ4n) is 5.56. The summed E-state index contributed by atoms with van der Waals surface area (Å²) in [6.07, 6.45) is 14.5. The fourth-order valence-corrected chi connectivity index (χ4v) is 5.56. The van der Waals surface area contributed by atoms with E-state index < -0.39 is 0 Å². The Kier molecular flexibility index (Phi) is 10.5. The highest BCUT2D eigenvalue weighted by Gasteiger charge is 2.21. The number of fused-ring (bicyclic) bond motifs is 1. The van der Waals surface area contributed by atoms with Gasteiger partial charge in [-0.05, 0) is 75.6 Å². The van der Waals surface area contributed by atoms with Gasteiger partial charge in [-0.2, -0.15) is 0 Å². The first-order chi connectivity index (χ1) is 17.7. The van der Waals surface area contributed by atoms with Gasteiger partial charge in [0.2, 0.25) is 0 Å². The molecule has 36 heavy (non-hydrogen) atoms. The monoisotopic (exact) mass is 486 g/mol. The average Bonchev–Trinajstić information content (AvgIpc) is 2.90. The van der Waals surface area contributed by atoms with Gasteiger partial charge in [-0.15, -0.1) is 0 Å². The Morgan fingerprint density at radius 2 is 1.50 bits per heavy atom. The molecule has 1 aromatic heterocycles. The SMILES string of the molecule is CN(C)c1cc(NC2CCC(CNCCCCCCCCc3ccccc3)CC2)nc2ccccc12. The van der Waals surface area contributed by atoms with Crippen molar-refractivity contribution in [3.05, 3.63) is 66.2 Å². The molecule has 0 aliphatic heterocycles. The molecule has 4 heteroatoms. The highest BCUT2D eigenvalue weighted by Crippen LogP contribution is 2.30. The van der Waals surface area contributed by atoms with E-state index >= 15 is 0 Å². The van der Waals surface area contributed by atoms with Gasteiger partial charge in [0, 0.05) is 37.3 Å². The second-order valence-corrected chi connectivity index (χ2v) is 10.9. The van der Waals surface area contributed by atoms with Crippen LogP contribution in [0, 0.1) is 5.92 Å². The van der Waals surface area contributed by atoms with Crippen LogP contribution in [0.5, 0.6) is 0 Å². The zero-order valence-corrected chi connectivity index (χ0v) is 22.5. The molecule has 1 saturated carbocycles. The first-order valence-electron chi connectivity index (χ1n) is 14.3. The molecule has 194 valence electrons. The molecule has 4 rings (SSSR count). The van der Waals surface area contributed by atoms with Crippen molar-refractivity contribution < 1.29 is 0 Å². The van der Waals surface area contributed by atoms with Crippen LogP contribution in [-0.2, 0) is 6.42 Å². The third-order valence-corrected chi connectivity index (χ3v) is 7.72. The van der Waals surface area contributed by atoms with Gasteiger partial charge in [0.05, 0.1) is 5.52 Å². The number of hydrogen-bond acceptors (Lipinski definition) is 4. The summed E-state index contributed by atoms with van der Waals surface area (Å²) in [5.41, 5.74) is 3.78. The summed E-state index contributed by atoms with van der Waals surface area (Å²) in [7, 11) is 4.22. The highest BCUT2D eigenvalue weighted by atomic mass is 15.1. The normalized spacial score (nSPS) is 17.8. The lowest BCUT2D eigenvalue weighted by Gasteiger charge is -2.30. The molecule has 2 aromatic carbocycles. The molecule has 0 atom stereocenters. The Morgan fingerprint density at radius 1 is 0.806 bits per heavy atom. The van der Waals surface area contributed by atoms with Gasteiger partial charge in [0.25, 0.3) is 0 Å². The van der Waals surface area contributed by atoms with Gasteiger partial charge < -0.3 is 15.5 Å². The molecule has 0 saturated heterocycles. The van der Waals surface area contributed by atoms with Crippen LogP contribution in [-0.4, -0.2) is 38.2 Å². The molecule has 0 amide bonds. The predicted octanol–water partition coefficient (Wildman–Crippen LogP) is 7.44. The first kappa shape index (κ1) is 26.5. The van der Waals surface area contributed by atoms with E-state index in [1.165, 1.54) is 100 Å². The summed E-state index contributed by atoms with van der Waals surface area (Å²) in [5, 5.41) is 8.70. The van der Waals surface area contributed by atoms with Crippen LogP contribution in [0.25, 0.3) is 10.9 Å². The number of para-hydroxylation sites is 1. The van der Waals surface area contributed by atoms with Crippen LogP contribution in [0.2, 0.25) is 0 Å². The molecular formula is C32H46N4. The Balaban J connectivity index is 1.05. The number of nitrogens with one attached hydrogen (secondary N) is 2. The van der Waals surface area contributed by atoms with E-state index in [-0.39, 0.29) is 0 Å². The smallest absolute Gasteiger partial charge is 0.128 e. The number of nitrogens with zero attached hydrogens (tertiary/aromatic N) is 2. The molecule has 0 radical (unpaired) electrons. The van der Waals surface area contributed by atoms with Gasteiger partial charge in [-0.1, -0.05) is 74.2 Å². The van der Waals surface area contributed by atoms with Gasteiger partial charge >= 0.3 is 0 Å². The third kappa shape index (κ3) is 8.23. The van der Waals surface area contributed by atoms with Gasteiger partial charge in [0.1, 0.15) is 5.82 Å². The maximum atomic E-state index is 4.90. The summed E-state index contributed by atoms with van der Waals surface area (Å²) in [6.45, 7) is 2.36. The van der Waals surface area contributed by atoms with Gasteiger partial charge in [0.15, 0.2) is 0 Å². The zero-order chi connectivity index (χ0) is 25.0. The number of benzene rings is 2. The largest absolute Gasteiger partial charge is 0.377 e. The number of aromatic nitrogens is 1. The minimum atomic E-state index is 0.534. The molecule has 1 heterocycles. The van der Waals surface area contributed by atoms with Crippen molar-refractivity contribution in [2.45, 2.75) is 76.7 Å². The molecule has 1 aliphatic rings. The zero-order valence-electron chi connectivity index (χ0n) is 22.5. The highest BCUT2D eigenvalue weighted by molar-refractivity contribution is 5.93. The number of aryl methyl sites for hydroxylation is 1. The predicted molar refractivity (Wildman–Crippen MR) is 156 cm³/mol. The molecule has 0 spiro atoms. The molecule has 1 fully saturated rings. The Labute approximate surface area is 218 Å². The van der Waals surface area contributed by atoms with Crippen molar-refractivity contribution in [2.75, 3.05) is 37.4 Å². The molecule has 0 bridgehead atoms. The van der Waals surface area contributed by atoms with Crippen LogP contribution in [0.4, 0.5) is 11.5 Å². The average molecular weight is 487 g/mol. The topological polar surface area (TPSA) is 40.2 Å². The fraction of sp³-hybridized carbons (Fsp3) is 0.531. The second kappa shape index (κ2) is 14.2. The van der Waals surface area contributed by atoms with Crippen LogP contribution in [0.15, 0.2) is 60.7 Å². The van der Waals surface area contributed by atoms with E-state index in [0.29, 0.717) is 6.04 Å². The van der Waals surface area contributed by atoms with Crippen molar-refractivity contribution in [2.24, 2.45) is 5.92 Å². The van der Waals surface area contributed by atoms with E-state index in [1.807, 2.05) is 0 Å². The Bertz CT molecular complexity index is 1020. The van der Waals surface area contributed by atoms with Gasteiger partial charge in [-0.3, -0.25) is 0 Å². The minimum absolute atomic E-state index is 0.534. The number of unbranched alkanes of at least 4 members (excludes halogenated alkanes) is 5. The van der Waals surface area contributed by atoms with Crippen molar-refractivity contribution in [1.82, 2.24) is 10.3 Å². The van der Waals surface area contributed by atoms with Gasteiger partial charge in [-0.25, -0.2) is 4.98 Å². The standard InChI is InChI=1S/C32H46N4/c1-36(2)31-24-32(35-30-18-12-11-17-29(30)31)34-28-21-19-27(20-22-28)25-33-23-13-6-4-3-5-8-14-26-15-9-7-10-16-26/h7,9-12,15-18,24,27-28,33H,3-6,8,13-14,19-23,25H2,1-2H3,(H,34,35). The Hall–Kier alpha value is -2.59. The molecular weight excluding hydrogens is 440 g/mol. The Morgan fingerprint density at radius 3 is 2.28 bits per heavy atom. The van der Waals surface area contributed by atoms with E-state index in [1.54, 1.807) is 0 Å². The third-order valence-electron chi connectivity index (χ3n) is 7.72.